The van der Waals surface area contributed by atoms with E-state index in [0.717, 1.165) is 5.92 Å². The molecular formula is C17H27N. The molecule has 2 rings (SSSR count). The average Bonchev–Trinajstić information content (AvgIpc) is 2.28. The zero-order valence-corrected chi connectivity index (χ0v) is 12.6. The lowest BCUT2D eigenvalue weighted by Crippen LogP contribution is -2.38. The summed E-state index contributed by atoms with van der Waals surface area (Å²) in [5.74, 6) is 0.804. The Morgan fingerprint density at radius 1 is 1.00 bits per heavy atom. The molecule has 1 heterocycles. The van der Waals surface area contributed by atoms with Crippen LogP contribution >= 0.6 is 0 Å². The minimum atomic E-state index is 0.296. The van der Waals surface area contributed by atoms with E-state index in [4.69, 9.17) is 0 Å². The molecule has 18 heavy (non-hydrogen) atoms. The Morgan fingerprint density at radius 3 is 2.00 bits per heavy atom. The number of rotatable bonds is 2. The van der Waals surface area contributed by atoms with E-state index in [1.54, 1.807) is 5.56 Å². The summed E-state index contributed by atoms with van der Waals surface area (Å²) in [5.41, 5.74) is 6.20. The standard InChI is InChI=1S/C17H27N/c1-12-10-13(2)16(14(3)11-12)17(4,5)15-6-8-18-9-7-15/h10-11,15,18H,6-9H2,1-5H3. The molecule has 1 aliphatic rings. The molecule has 0 bridgehead atoms. The maximum absolute atomic E-state index is 3.48. The van der Waals surface area contributed by atoms with Crippen molar-refractivity contribution in [3.8, 4) is 0 Å². The topological polar surface area (TPSA) is 12.0 Å². The Morgan fingerprint density at radius 2 is 1.50 bits per heavy atom. The lowest BCUT2D eigenvalue weighted by atomic mass is 9.67. The zero-order chi connectivity index (χ0) is 13.3. The minimum absolute atomic E-state index is 0.296. The molecule has 0 amide bonds. The lowest BCUT2D eigenvalue weighted by molar-refractivity contribution is 0.245. The van der Waals surface area contributed by atoms with E-state index < -0.39 is 0 Å². The highest BCUT2D eigenvalue weighted by atomic mass is 14.9. The third kappa shape index (κ3) is 2.47. The second kappa shape index (κ2) is 5.05. The fraction of sp³-hybridized carbons (Fsp3) is 0.647. The molecule has 1 saturated heterocycles. The molecule has 0 radical (unpaired) electrons. The fourth-order valence-electron chi connectivity index (χ4n) is 3.94. The molecule has 100 valence electrons. The van der Waals surface area contributed by atoms with Crippen molar-refractivity contribution in [2.45, 2.75) is 52.9 Å². The van der Waals surface area contributed by atoms with Gasteiger partial charge in [-0.05, 0) is 74.7 Å². The molecular weight excluding hydrogens is 218 g/mol. The Balaban J connectivity index is 2.39. The number of nitrogens with one attached hydrogen (secondary N) is 1. The summed E-state index contributed by atoms with van der Waals surface area (Å²) in [6, 6.07) is 4.68. The molecule has 1 nitrogen and oxygen atoms in total. The Kier molecular flexibility index (Phi) is 3.82. The van der Waals surface area contributed by atoms with Crippen molar-refractivity contribution < 1.29 is 0 Å². The number of aryl methyl sites for hydroxylation is 3. The largest absolute Gasteiger partial charge is 0.317 e. The summed E-state index contributed by atoms with van der Waals surface area (Å²) in [5, 5.41) is 3.48. The lowest BCUT2D eigenvalue weighted by Gasteiger charge is -2.39. The van der Waals surface area contributed by atoms with E-state index in [0.29, 0.717) is 5.41 Å². The van der Waals surface area contributed by atoms with Gasteiger partial charge < -0.3 is 5.32 Å². The second-order valence-electron chi connectivity index (χ2n) is 6.52. The van der Waals surface area contributed by atoms with Gasteiger partial charge in [-0.2, -0.15) is 0 Å². The van der Waals surface area contributed by atoms with E-state index in [1.165, 1.54) is 42.6 Å². The summed E-state index contributed by atoms with van der Waals surface area (Å²) in [6.07, 6.45) is 2.61. The van der Waals surface area contributed by atoms with Crippen molar-refractivity contribution in [1.29, 1.82) is 0 Å². The first-order valence-electron chi connectivity index (χ1n) is 7.22. The van der Waals surface area contributed by atoms with E-state index in [2.05, 4.69) is 52.1 Å². The monoisotopic (exact) mass is 245 g/mol. The Labute approximate surface area is 112 Å². The van der Waals surface area contributed by atoms with Crippen LogP contribution in [0.3, 0.4) is 0 Å². The predicted octanol–water partition coefficient (Wildman–Crippen LogP) is 3.89. The van der Waals surface area contributed by atoms with E-state index in [-0.39, 0.29) is 0 Å². The van der Waals surface area contributed by atoms with Crippen LogP contribution in [0, 0.1) is 26.7 Å². The molecule has 0 aromatic heterocycles. The van der Waals surface area contributed by atoms with Crippen molar-refractivity contribution in [3.05, 3.63) is 34.4 Å². The molecule has 0 atom stereocenters. The molecule has 1 N–H and O–H groups in total. The van der Waals surface area contributed by atoms with E-state index in [9.17, 15) is 0 Å². The quantitative estimate of drug-likeness (QED) is 0.833. The van der Waals surface area contributed by atoms with Gasteiger partial charge in [-0.25, -0.2) is 0 Å². The molecule has 0 aliphatic carbocycles. The summed E-state index contributed by atoms with van der Waals surface area (Å²) in [7, 11) is 0. The molecule has 0 saturated carbocycles. The third-order valence-electron chi connectivity index (χ3n) is 4.68. The van der Waals surface area contributed by atoms with Crippen LogP contribution in [0.4, 0.5) is 0 Å². The molecule has 0 unspecified atom stereocenters. The molecule has 1 aromatic carbocycles. The van der Waals surface area contributed by atoms with Crippen LogP contribution in [0.5, 0.6) is 0 Å². The highest BCUT2D eigenvalue weighted by molar-refractivity contribution is 5.42. The minimum Gasteiger partial charge on any atom is -0.317 e. The summed E-state index contributed by atoms with van der Waals surface area (Å²) >= 11 is 0. The van der Waals surface area contributed by atoms with Crippen molar-refractivity contribution in [2.75, 3.05) is 13.1 Å². The van der Waals surface area contributed by atoms with Gasteiger partial charge in [-0.1, -0.05) is 31.5 Å². The number of hydrogen-bond donors (Lipinski definition) is 1. The number of hydrogen-bond acceptors (Lipinski definition) is 1. The van der Waals surface area contributed by atoms with Crippen molar-refractivity contribution in [1.82, 2.24) is 5.32 Å². The van der Waals surface area contributed by atoms with Gasteiger partial charge >= 0.3 is 0 Å². The van der Waals surface area contributed by atoms with Gasteiger partial charge in [0.1, 0.15) is 0 Å². The van der Waals surface area contributed by atoms with Gasteiger partial charge in [0.05, 0.1) is 0 Å². The summed E-state index contributed by atoms with van der Waals surface area (Å²) < 4.78 is 0. The first-order chi connectivity index (χ1) is 8.43. The van der Waals surface area contributed by atoms with Crippen LogP contribution in [0.1, 0.15) is 48.9 Å². The average molecular weight is 245 g/mol. The summed E-state index contributed by atoms with van der Waals surface area (Å²) in [4.78, 5) is 0. The van der Waals surface area contributed by atoms with Crippen LogP contribution in [0.15, 0.2) is 12.1 Å². The van der Waals surface area contributed by atoms with E-state index in [1.807, 2.05) is 0 Å². The number of piperidine rings is 1. The highest BCUT2D eigenvalue weighted by Gasteiger charge is 2.34. The maximum Gasteiger partial charge on any atom is -0.00460 e. The van der Waals surface area contributed by atoms with Crippen LogP contribution in [0.25, 0.3) is 0 Å². The number of benzene rings is 1. The van der Waals surface area contributed by atoms with Gasteiger partial charge in [-0.3, -0.25) is 0 Å². The van der Waals surface area contributed by atoms with Crippen LogP contribution in [-0.2, 0) is 5.41 Å². The summed E-state index contributed by atoms with van der Waals surface area (Å²) in [6.45, 7) is 14.0. The van der Waals surface area contributed by atoms with Crippen molar-refractivity contribution >= 4 is 0 Å². The molecule has 1 fully saturated rings. The molecule has 1 aliphatic heterocycles. The van der Waals surface area contributed by atoms with E-state index >= 15 is 0 Å². The highest BCUT2D eigenvalue weighted by Crippen LogP contribution is 2.40. The molecule has 1 aromatic rings. The van der Waals surface area contributed by atoms with Gasteiger partial charge in [0.15, 0.2) is 0 Å². The van der Waals surface area contributed by atoms with Crippen molar-refractivity contribution in [2.24, 2.45) is 5.92 Å². The van der Waals surface area contributed by atoms with Crippen LogP contribution in [-0.4, -0.2) is 13.1 Å². The molecule has 0 spiro atoms. The predicted molar refractivity (Wildman–Crippen MR) is 79.3 cm³/mol. The first-order valence-corrected chi connectivity index (χ1v) is 7.22. The van der Waals surface area contributed by atoms with Crippen molar-refractivity contribution in [3.63, 3.8) is 0 Å². The molecule has 1 heteroatoms. The smallest absolute Gasteiger partial charge is 0.00460 e. The second-order valence-corrected chi connectivity index (χ2v) is 6.52. The van der Waals surface area contributed by atoms with Gasteiger partial charge in [-0.15, -0.1) is 0 Å². The Hall–Kier alpha value is -0.820. The van der Waals surface area contributed by atoms with Gasteiger partial charge in [0.2, 0.25) is 0 Å². The fourth-order valence-corrected chi connectivity index (χ4v) is 3.94. The van der Waals surface area contributed by atoms with Crippen LogP contribution < -0.4 is 5.32 Å². The Bertz CT molecular complexity index is 402. The van der Waals surface area contributed by atoms with Crippen LogP contribution in [0.2, 0.25) is 0 Å². The SMILES string of the molecule is Cc1cc(C)c(C(C)(C)C2CCNCC2)c(C)c1. The maximum atomic E-state index is 3.48. The third-order valence-corrected chi connectivity index (χ3v) is 4.68. The normalized spacial score (nSPS) is 18.1. The van der Waals surface area contributed by atoms with Gasteiger partial charge in [0, 0.05) is 0 Å². The van der Waals surface area contributed by atoms with Gasteiger partial charge in [0.25, 0.3) is 0 Å². The zero-order valence-electron chi connectivity index (χ0n) is 12.6. The first kappa shape index (κ1) is 13.6.